The molecule has 0 bridgehead atoms. The van der Waals surface area contributed by atoms with Gasteiger partial charge in [0.15, 0.2) is 0 Å². The molecule has 8 aromatic rings. The fourth-order valence-electron chi connectivity index (χ4n) is 6.40. The second kappa shape index (κ2) is 11.6. The zero-order chi connectivity index (χ0) is 33.9. The maximum atomic E-state index is 13.4. The highest BCUT2D eigenvalue weighted by atomic mass is 32.1. The van der Waals surface area contributed by atoms with E-state index in [0.717, 1.165) is 50.7 Å². The molecule has 7 heteroatoms. The lowest BCUT2D eigenvalue weighted by Gasteiger charge is -2.14. The highest BCUT2D eigenvalue weighted by Gasteiger charge is 2.37. The first kappa shape index (κ1) is 30.9. The highest BCUT2D eigenvalue weighted by molar-refractivity contribution is 7.26. The monoisotopic (exact) mass is 674 g/mol. The van der Waals surface area contributed by atoms with E-state index in [2.05, 4.69) is 84.9 Å². The summed E-state index contributed by atoms with van der Waals surface area (Å²) in [5.74, 6) is 0. The van der Waals surface area contributed by atoms with Gasteiger partial charge in [0.05, 0.1) is 11.1 Å². The van der Waals surface area contributed by atoms with Gasteiger partial charge in [-0.25, -0.2) is 0 Å². The maximum Gasteiger partial charge on any atom is 0.416 e. The first-order valence-corrected chi connectivity index (χ1v) is 16.3. The predicted molar refractivity (Wildman–Crippen MR) is 189 cm³/mol. The molecule has 0 radical (unpaired) electrons. The van der Waals surface area contributed by atoms with Crippen molar-refractivity contribution in [3.8, 4) is 44.5 Å². The molecule has 1 heterocycles. The Morgan fingerprint density at radius 3 is 1.39 bits per heavy atom. The summed E-state index contributed by atoms with van der Waals surface area (Å²) in [6.45, 7) is 0. The molecular formula is C42H24F6S. The molecule has 0 unspecified atom stereocenters. The SMILES string of the molecule is FC(F)(F)c1cc(-c2ccc(-c3ccc4cc(-c5ccc(-c6cccc7c6sc6ccccc67)cc5)ccc4c3)cc2)cc(C(F)(F)F)c1. The fourth-order valence-corrected chi connectivity index (χ4v) is 7.64. The number of rotatable bonds is 4. The van der Waals surface area contributed by atoms with Gasteiger partial charge in [-0.1, -0.05) is 109 Å². The number of fused-ring (bicyclic) bond motifs is 4. The van der Waals surface area contributed by atoms with Crippen molar-refractivity contribution in [3.05, 3.63) is 157 Å². The molecule has 0 amide bonds. The normalized spacial score (nSPS) is 12.3. The lowest BCUT2D eigenvalue weighted by molar-refractivity contribution is -0.143. The topological polar surface area (TPSA) is 0 Å². The molecule has 0 saturated carbocycles. The van der Waals surface area contributed by atoms with Crippen molar-refractivity contribution in [2.45, 2.75) is 12.4 Å². The minimum absolute atomic E-state index is 0.140. The van der Waals surface area contributed by atoms with Crippen molar-refractivity contribution in [2.24, 2.45) is 0 Å². The summed E-state index contributed by atoms with van der Waals surface area (Å²) in [6.07, 6.45) is -9.81. The van der Waals surface area contributed by atoms with E-state index in [-0.39, 0.29) is 17.2 Å². The van der Waals surface area contributed by atoms with Crippen LogP contribution in [0, 0.1) is 0 Å². The quantitative estimate of drug-likeness (QED) is 0.163. The second-order valence-electron chi connectivity index (χ2n) is 12.0. The molecule has 8 rings (SSSR count). The largest absolute Gasteiger partial charge is 0.416 e. The average molecular weight is 675 g/mol. The van der Waals surface area contributed by atoms with Crippen molar-refractivity contribution in [2.75, 3.05) is 0 Å². The van der Waals surface area contributed by atoms with Gasteiger partial charge < -0.3 is 0 Å². The van der Waals surface area contributed by atoms with Gasteiger partial charge in [0.25, 0.3) is 0 Å². The van der Waals surface area contributed by atoms with Crippen molar-refractivity contribution in [3.63, 3.8) is 0 Å². The molecule has 0 atom stereocenters. The summed E-state index contributed by atoms with van der Waals surface area (Å²) in [5, 5.41) is 4.59. The Morgan fingerprint density at radius 2 is 0.837 bits per heavy atom. The number of alkyl halides is 6. The number of benzene rings is 7. The Kier molecular flexibility index (Phi) is 7.34. The van der Waals surface area contributed by atoms with E-state index in [1.807, 2.05) is 29.5 Å². The summed E-state index contributed by atoms with van der Waals surface area (Å²) in [7, 11) is 0. The number of hydrogen-bond donors (Lipinski definition) is 0. The van der Waals surface area contributed by atoms with Crippen LogP contribution in [0.4, 0.5) is 26.3 Å². The van der Waals surface area contributed by atoms with Crippen molar-refractivity contribution < 1.29 is 26.3 Å². The second-order valence-corrected chi connectivity index (χ2v) is 13.1. The zero-order valence-corrected chi connectivity index (χ0v) is 26.3. The van der Waals surface area contributed by atoms with E-state index in [9.17, 15) is 26.3 Å². The summed E-state index contributed by atoms with van der Waals surface area (Å²) in [4.78, 5) is 0. The van der Waals surface area contributed by atoms with E-state index in [4.69, 9.17) is 0 Å². The molecule has 0 saturated heterocycles. The Labute approximate surface area is 281 Å². The van der Waals surface area contributed by atoms with Gasteiger partial charge in [-0.15, -0.1) is 11.3 Å². The standard InChI is InChI=1S/C42H24F6S/c43-41(44,45)34-22-33(23-35(24-34)42(46,47)48)27-10-8-25(9-11-27)29-16-18-32-21-30(17-19-31(32)20-29)26-12-14-28(15-13-26)36-5-3-6-38-37-4-1-2-7-39(37)49-40(36)38/h1-24H. The Bertz CT molecular complexity index is 2470. The lowest BCUT2D eigenvalue weighted by atomic mass is 9.95. The van der Waals surface area contributed by atoms with E-state index in [1.54, 1.807) is 24.3 Å². The highest BCUT2D eigenvalue weighted by Crippen LogP contribution is 2.41. The van der Waals surface area contributed by atoms with Crippen molar-refractivity contribution in [1.29, 1.82) is 0 Å². The molecule has 0 aliphatic heterocycles. The first-order chi connectivity index (χ1) is 23.5. The minimum Gasteiger partial charge on any atom is -0.166 e. The van der Waals surface area contributed by atoms with E-state index < -0.39 is 23.5 Å². The third kappa shape index (κ3) is 5.85. The Hall–Kier alpha value is -5.40. The van der Waals surface area contributed by atoms with Gasteiger partial charge in [0, 0.05) is 20.2 Å². The smallest absolute Gasteiger partial charge is 0.166 e. The van der Waals surface area contributed by atoms with Crippen LogP contribution in [0.2, 0.25) is 0 Å². The van der Waals surface area contributed by atoms with Crippen molar-refractivity contribution in [1.82, 2.24) is 0 Å². The molecule has 0 nitrogen and oxygen atoms in total. The van der Waals surface area contributed by atoms with Gasteiger partial charge >= 0.3 is 12.4 Å². The maximum absolute atomic E-state index is 13.4. The Balaban J connectivity index is 1.06. The van der Waals surface area contributed by atoms with Gasteiger partial charge in [0.1, 0.15) is 0 Å². The summed E-state index contributed by atoms with van der Waals surface area (Å²) >= 11 is 1.81. The molecule has 0 spiro atoms. The molecule has 1 aromatic heterocycles. The van der Waals surface area contributed by atoms with Gasteiger partial charge in [-0.2, -0.15) is 26.3 Å². The number of hydrogen-bond acceptors (Lipinski definition) is 1. The first-order valence-electron chi connectivity index (χ1n) is 15.5. The van der Waals surface area contributed by atoms with Crippen LogP contribution in [0.1, 0.15) is 11.1 Å². The molecular weight excluding hydrogens is 651 g/mol. The molecule has 0 aliphatic carbocycles. The van der Waals surface area contributed by atoms with E-state index in [0.29, 0.717) is 0 Å². The van der Waals surface area contributed by atoms with Crippen LogP contribution in [0.15, 0.2) is 146 Å². The van der Waals surface area contributed by atoms with Gasteiger partial charge in [0.2, 0.25) is 0 Å². The van der Waals surface area contributed by atoms with E-state index in [1.165, 1.54) is 25.7 Å². The van der Waals surface area contributed by atoms with Gasteiger partial charge in [-0.3, -0.25) is 0 Å². The predicted octanol–water partition coefficient (Wildman–Crippen LogP) is 13.9. The Morgan fingerprint density at radius 1 is 0.367 bits per heavy atom. The molecule has 240 valence electrons. The fraction of sp³-hybridized carbons (Fsp3) is 0.0476. The summed E-state index contributed by atoms with van der Waals surface area (Å²) < 4.78 is 82.8. The van der Waals surface area contributed by atoms with Crippen LogP contribution in [-0.4, -0.2) is 0 Å². The zero-order valence-electron chi connectivity index (χ0n) is 25.5. The molecule has 7 aromatic carbocycles. The van der Waals surface area contributed by atoms with Crippen LogP contribution in [0.5, 0.6) is 0 Å². The third-order valence-electron chi connectivity index (χ3n) is 8.91. The number of thiophene rings is 1. The van der Waals surface area contributed by atoms with Crippen LogP contribution in [-0.2, 0) is 12.4 Å². The van der Waals surface area contributed by atoms with E-state index >= 15 is 0 Å². The number of halogens is 6. The molecule has 0 fully saturated rings. The minimum atomic E-state index is -4.90. The summed E-state index contributed by atoms with van der Waals surface area (Å²) in [6, 6.07) is 43.9. The van der Waals surface area contributed by atoms with Crippen LogP contribution < -0.4 is 0 Å². The van der Waals surface area contributed by atoms with Crippen LogP contribution >= 0.6 is 11.3 Å². The van der Waals surface area contributed by atoms with Crippen LogP contribution in [0.3, 0.4) is 0 Å². The van der Waals surface area contributed by atoms with Crippen LogP contribution in [0.25, 0.3) is 75.5 Å². The molecule has 49 heavy (non-hydrogen) atoms. The van der Waals surface area contributed by atoms with Gasteiger partial charge in [-0.05, 0) is 91.7 Å². The molecule has 0 N–H and O–H groups in total. The summed E-state index contributed by atoms with van der Waals surface area (Å²) in [5.41, 5.74) is 3.66. The third-order valence-corrected chi connectivity index (χ3v) is 10.1. The molecule has 0 aliphatic rings. The van der Waals surface area contributed by atoms with Crippen molar-refractivity contribution >= 4 is 42.3 Å². The lowest BCUT2D eigenvalue weighted by Crippen LogP contribution is -2.11. The average Bonchev–Trinajstić information content (AvgIpc) is 3.49.